The first-order chi connectivity index (χ1) is 15.1. The van der Waals surface area contributed by atoms with Crippen molar-refractivity contribution < 1.29 is 9.53 Å². The topological polar surface area (TPSA) is 130 Å². The maximum atomic E-state index is 12.1. The van der Waals surface area contributed by atoms with E-state index in [1.54, 1.807) is 38.1 Å². The van der Waals surface area contributed by atoms with Gasteiger partial charge in [0.05, 0.1) is 15.7 Å². The van der Waals surface area contributed by atoms with Gasteiger partial charge in [0.25, 0.3) is 5.56 Å². The first-order valence-corrected chi connectivity index (χ1v) is 10.1. The first kappa shape index (κ1) is 23.1. The van der Waals surface area contributed by atoms with E-state index in [9.17, 15) is 14.4 Å². The molecule has 9 nitrogen and oxygen atoms in total. The number of carbonyl (C=O) groups is 1. The van der Waals surface area contributed by atoms with Crippen LogP contribution in [0.2, 0.25) is 10.0 Å². The minimum Gasteiger partial charge on any atom is -0.454 e. The van der Waals surface area contributed by atoms with E-state index in [4.69, 9.17) is 33.2 Å². The zero-order chi connectivity index (χ0) is 23.6. The molecule has 3 aromatic rings. The van der Waals surface area contributed by atoms with Crippen molar-refractivity contribution >= 4 is 34.8 Å². The molecular weight excluding hydrogens is 457 g/mol. The van der Waals surface area contributed by atoms with Gasteiger partial charge in [0.1, 0.15) is 11.8 Å². The zero-order valence-electron chi connectivity index (χ0n) is 17.2. The lowest BCUT2D eigenvalue weighted by atomic mass is 10.1. The van der Waals surface area contributed by atoms with Crippen molar-refractivity contribution in [1.82, 2.24) is 14.8 Å². The molecule has 0 atom stereocenters. The summed E-state index contributed by atoms with van der Waals surface area (Å²) in [4.78, 5) is 37.5. The second kappa shape index (κ2) is 9.26. The van der Waals surface area contributed by atoms with Crippen molar-refractivity contribution in [2.75, 3.05) is 5.32 Å². The number of amides is 1. The Morgan fingerprint density at radius 3 is 2.44 bits per heavy atom. The van der Waals surface area contributed by atoms with Crippen molar-refractivity contribution in [2.45, 2.75) is 20.8 Å². The minimum atomic E-state index is -0.894. The van der Waals surface area contributed by atoms with E-state index >= 15 is 0 Å². The van der Waals surface area contributed by atoms with Crippen LogP contribution in [0.15, 0.2) is 39.9 Å². The van der Waals surface area contributed by atoms with Gasteiger partial charge < -0.3 is 10.1 Å². The van der Waals surface area contributed by atoms with Crippen LogP contribution >= 0.6 is 23.2 Å². The number of rotatable bonds is 5. The molecule has 0 aliphatic rings. The highest BCUT2D eigenvalue weighted by Crippen LogP contribution is 2.38. The molecule has 11 heteroatoms. The molecule has 0 saturated heterocycles. The average molecular weight is 474 g/mol. The van der Waals surface area contributed by atoms with E-state index in [1.165, 1.54) is 12.1 Å². The number of anilines is 1. The van der Waals surface area contributed by atoms with Gasteiger partial charge in [0, 0.05) is 11.6 Å². The minimum absolute atomic E-state index is 0.0701. The Balaban J connectivity index is 1.93. The summed E-state index contributed by atoms with van der Waals surface area (Å²) >= 11 is 12.6. The molecule has 0 aliphatic carbocycles. The molecule has 0 spiro atoms. The molecule has 3 rings (SSSR count). The molecule has 0 bridgehead atoms. The number of halogens is 2. The molecule has 164 valence electrons. The molecule has 2 aromatic carbocycles. The summed E-state index contributed by atoms with van der Waals surface area (Å²) < 4.78 is 6.62. The maximum Gasteiger partial charge on any atom is 0.349 e. The number of nitrogens with zero attached hydrogens (tertiary/aromatic N) is 3. The number of nitriles is 1. The zero-order valence-corrected chi connectivity index (χ0v) is 18.7. The van der Waals surface area contributed by atoms with Gasteiger partial charge in [-0.25, -0.2) is 4.79 Å². The number of H-pyrrole nitrogens is 1. The molecule has 0 fully saturated rings. The molecule has 0 unspecified atom stereocenters. The number of aromatic nitrogens is 3. The highest BCUT2D eigenvalue weighted by Gasteiger charge is 2.16. The predicted molar refractivity (Wildman–Crippen MR) is 120 cm³/mol. The van der Waals surface area contributed by atoms with Crippen molar-refractivity contribution in [2.24, 2.45) is 5.92 Å². The van der Waals surface area contributed by atoms with E-state index in [0.29, 0.717) is 11.4 Å². The Bertz CT molecular complexity index is 1350. The summed E-state index contributed by atoms with van der Waals surface area (Å²) in [7, 11) is 0. The normalized spacial score (nSPS) is 10.7. The molecule has 0 aliphatic heterocycles. The van der Waals surface area contributed by atoms with Gasteiger partial charge >= 0.3 is 5.69 Å². The molecule has 0 radical (unpaired) electrons. The smallest absolute Gasteiger partial charge is 0.349 e. The van der Waals surface area contributed by atoms with Crippen molar-refractivity contribution in [1.29, 1.82) is 5.26 Å². The molecule has 2 N–H and O–H groups in total. The van der Waals surface area contributed by atoms with E-state index in [0.717, 1.165) is 10.2 Å². The van der Waals surface area contributed by atoms with Crippen LogP contribution in [0.25, 0.3) is 5.69 Å². The van der Waals surface area contributed by atoms with Crippen LogP contribution in [0.4, 0.5) is 5.69 Å². The number of carbonyl (C=O) groups excluding carboxylic acids is 1. The largest absolute Gasteiger partial charge is 0.454 e. The third-order valence-electron chi connectivity index (χ3n) is 4.36. The molecule has 1 amide bonds. The highest BCUT2D eigenvalue weighted by atomic mass is 35.5. The molecule has 0 saturated carbocycles. The summed E-state index contributed by atoms with van der Waals surface area (Å²) in [6.07, 6.45) is 0. The second-order valence-corrected chi connectivity index (χ2v) is 7.91. The lowest BCUT2D eigenvalue weighted by molar-refractivity contribution is -0.118. The van der Waals surface area contributed by atoms with Gasteiger partial charge in [-0.2, -0.15) is 9.94 Å². The van der Waals surface area contributed by atoms with Gasteiger partial charge in [-0.3, -0.25) is 14.6 Å². The summed E-state index contributed by atoms with van der Waals surface area (Å²) in [5.74, 6) is 0.297. The van der Waals surface area contributed by atoms with Crippen LogP contribution in [0.3, 0.4) is 0 Å². The number of nitrogens with one attached hydrogen (secondary N) is 2. The fourth-order valence-corrected chi connectivity index (χ4v) is 3.20. The Kier molecular flexibility index (Phi) is 6.67. The third-order valence-corrected chi connectivity index (χ3v) is 4.92. The second-order valence-electron chi connectivity index (χ2n) is 7.09. The lowest BCUT2D eigenvalue weighted by Crippen LogP contribution is -2.33. The highest BCUT2D eigenvalue weighted by molar-refractivity contribution is 6.37. The predicted octanol–water partition coefficient (Wildman–Crippen LogP) is 3.79. The number of hydrogen-bond acceptors (Lipinski definition) is 6. The Morgan fingerprint density at radius 2 is 1.88 bits per heavy atom. The van der Waals surface area contributed by atoms with Crippen LogP contribution in [-0.4, -0.2) is 20.7 Å². The number of aromatic amines is 1. The summed E-state index contributed by atoms with van der Waals surface area (Å²) in [5, 5.41) is 15.7. The summed E-state index contributed by atoms with van der Waals surface area (Å²) in [6, 6.07) is 9.39. The standard InChI is InChI=1S/C21H17Cl2N5O4/c1-10(2)19(29)25-16-5-4-13(6-11(16)3)32-18-14(22)7-12(8-15(18)23)28-21(31)26-20(30)17(9-24)27-28/h4-8,10H,1-3H3,(H,25,29)(H,26,30,31). The average Bonchev–Trinajstić information content (AvgIpc) is 2.72. The molecule has 1 aromatic heterocycles. The fourth-order valence-electron chi connectivity index (χ4n) is 2.65. The third kappa shape index (κ3) is 4.82. The first-order valence-electron chi connectivity index (χ1n) is 9.33. The van der Waals surface area contributed by atoms with Gasteiger partial charge in [-0.05, 0) is 42.8 Å². The van der Waals surface area contributed by atoms with Gasteiger partial charge in [0.2, 0.25) is 11.6 Å². The summed E-state index contributed by atoms with van der Waals surface area (Å²) in [6.45, 7) is 5.41. The SMILES string of the molecule is Cc1cc(Oc2c(Cl)cc(-n3nc(C#N)c(=O)[nH]c3=O)cc2Cl)ccc1NC(=O)C(C)C. The van der Waals surface area contributed by atoms with Crippen LogP contribution in [0.1, 0.15) is 25.1 Å². The Hall–Kier alpha value is -3.61. The molecular formula is C21H17Cl2N5O4. The quantitative estimate of drug-likeness (QED) is 0.579. The Labute approximate surface area is 192 Å². The van der Waals surface area contributed by atoms with Crippen molar-refractivity contribution in [3.63, 3.8) is 0 Å². The Morgan fingerprint density at radius 1 is 1.22 bits per heavy atom. The van der Waals surface area contributed by atoms with E-state index in [2.05, 4.69) is 10.4 Å². The number of hydrogen-bond donors (Lipinski definition) is 2. The van der Waals surface area contributed by atoms with Crippen LogP contribution in [0, 0.1) is 24.2 Å². The van der Waals surface area contributed by atoms with Gasteiger partial charge in [0.15, 0.2) is 5.75 Å². The maximum absolute atomic E-state index is 12.1. The molecule has 32 heavy (non-hydrogen) atoms. The number of ether oxygens (including phenoxy) is 1. The van der Waals surface area contributed by atoms with E-state index in [-0.39, 0.29) is 33.3 Å². The van der Waals surface area contributed by atoms with Crippen LogP contribution < -0.4 is 21.3 Å². The van der Waals surface area contributed by atoms with Crippen LogP contribution in [0.5, 0.6) is 11.5 Å². The lowest BCUT2D eigenvalue weighted by Gasteiger charge is -2.14. The van der Waals surface area contributed by atoms with E-state index in [1.807, 2.05) is 11.9 Å². The summed E-state index contributed by atoms with van der Waals surface area (Å²) in [5.41, 5.74) is -0.683. The monoisotopic (exact) mass is 473 g/mol. The van der Waals surface area contributed by atoms with Crippen LogP contribution in [-0.2, 0) is 4.79 Å². The van der Waals surface area contributed by atoms with Crippen molar-refractivity contribution in [3.05, 3.63) is 72.5 Å². The van der Waals surface area contributed by atoms with E-state index < -0.39 is 16.9 Å². The van der Waals surface area contributed by atoms with Gasteiger partial charge in [-0.1, -0.05) is 37.0 Å². The van der Waals surface area contributed by atoms with Crippen molar-refractivity contribution in [3.8, 4) is 23.3 Å². The fraction of sp³-hybridized carbons (Fsp3) is 0.190. The molecule has 1 heterocycles. The number of aryl methyl sites for hydroxylation is 1. The van der Waals surface area contributed by atoms with Gasteiger partial charge in [-0.15, -0.1) is 5.10 Å². The number of benzene rings is 2.